The summed E-state index contributed by atoms with van der Waals surface area (Å²) < 4.78 is 37.2. The third-order valence-electron chi connectivity index (χ3n) is 2.30. The highest BCUT2D eigenvalue weighted by Gasteiger charge is 2.28. The van der Waals surface area contributed by atoms with Crippen LogP contribution < -0.4 is 11.1 Å². The lowest BCUT2D eigenvalue weighted by Crippen LogP contribution is -2.18. The normalized spacial score (nSPS) is 11.4. The highest BCUT2D eigenvalue weighted by molar-refractivity contribution is 6.30. The molecule has 0 aliphatic heterocycles. The van der Waals surface area contributed by atoms with Crippen LogP contribution in [-0.2, 0) is 6.54 Å². The fraction of sp³-hybridized carbons (Fsp3) is 0.182. The smallest absolute Gasteiger partial charge is 0.384 e. The molecule has 112 valence electrons. The summed E-state index contributed by atoms with van der Waals surface area (Å²) >= 11 is 5.66. The summed E-state index contributed by atoms with van der Waals surface area (Å²) in [5.74, 6) is -0.575. The van der Waals surface area contributed by atoms with E-state index in [0.717, 1.165) is 6.20 Å². The highest BCUT2D eigenvalue weighted by Crippen LogP contribution is 2.18. The van der Waals surface area contributed by atoms with Crippen molar-refractivity contribution in [3.05, 3.63) is 35.1 Å². The topological polar surface area (TPSA) is 85.8 Å². The number of alkyl halides is 3. The Morgan fingerprint density at radius 1 is 1.43 bits per heavy atom. The van der Waals surface area contributed by atoms with Crippen LogP contribution in [-0.4, -0.2) is 26.8 Å². The maximum Gasteiger partial charge on any atom is 0.408 e. The Labute approximate surface area is 121 Å². The number of nitrogens with two attached hydrogens (primary N) is 1. The first kappa shape index (κ1) is 15.1. The number of aromatic nitrogens is 3. The number of carbonyl (C=O) groups is 1. The molecule has 10 heteroatoms. The van der Waals surface area contributed by atoms with Gasteiger partial charge in [0.15, 0.2) is 5.82 Å². The molecule has 21 heavy (non-hydrogen) atoms. The van der Waals surface area contributed by atoms with Gasteiger partial charge in [-0.15, -0.1) is 0 Å². The predicted molar refractivity (Wildman–Crippen MR) is 69.9 cm³/mol. The van der Waals surface area contributed by atoms with E-state index in [1.165, 1.54) is 18.2 Å². The minimum Gasteiger partial charge on any atom is -0.384 e. The van der Waals surface area contributed by atoms with Crippen molar-refractivity contribution in [2.45, 2.75) is 12.7 Å². The van der Waals surface area contributed by atoms with Crippen molar-refractivity contribution in [3.8, 4) is 0 Å². The molecular weight excluding hydrogens is 311 g/mol. The number of hydrogen-bond donors (Lipinski definition) is 2. The van der Waals surface area contributed by atoms with E-state index in [0.29, 0.717) is 4.68 Å². The van der Waals surface area contributed by atoms with Crippen LogP contribution in [0.1, 0.15) is 10.4 Å². The summed E-state index contributed by atoms with van der Waals surface area (Å²) in [5.41, 5.74) is 5.57. The Balaban J connectivity index is 2.09. The van der Waals surface area contributed by atoms with Crippen LogP contribution in [0.3, 0.4) is 0 Å². The van der Waals surface area contributed by atoms with Crippen LogP contribution in [0.4, 0.5) is 24.8 Å². The lowest BCUT2D eigenvalue weighted by molar-refractivity contribution is -0.142. The summed E-state index contributed by atoms with van der Waals surface area (Å²) in [6.07, 6.45) is -3.28. The molecule has 0 atom stereocenters. The first-order valence-corrected chi connectivity index (χ1v) is 5.95. The molecule has 2 aromatic heterocycles. The van der Waals surface area contributed by atoms with Gasteiger partial charge in [0.2, 0.25) is 0 Å². The first-order chi connectivity index (χ1) is 9.73. The molecule has 3 N–H and O–H groups in total. The second-order valence-electron chi connectivity index (χ2n) is 4.07. The molecule has 0 saturated heterocycles. The summed E-state index contributed by atoms with van der Waals surface area (Å²) in [6.45, 7) is -1.24. The van der Waals surface area contributed by atoms with E-state index >= 15 is 0 Å². The average molecular weight is 320 g/mol. The summed E-state index contributed by atoms with van der Waals surface area (Å²) in [7, 11) is 0. The molecule has 2 rings (SSSR count). The van der Waals surface area contributed by atoms with Gasteiger partial charge in [-0.05, 0) is 12.1 Å². The molecule has 2 aromatic rings. The highest BCUT2D eigenvalue weighted by atomic mass is 35.5. The largest absolute Gasteiger partial charge is 0.408 e. The van der Waals surface area contributed by atoms with Gasteiger partial charge in [-0.2, -0.15) is 18.3 Å². The van der Waals surface area contributed by atoms with Crippen LogP contribution >= 0.6 is 11.6 Å². The number of amides is 1. The number of carbonyl (C=O) groups excluding carboxylic acids is 1. The number of halogens is 4. The second kappa shape index (κ2) is 5.60. The van der Waals surface area contributed by atoms with E-state index in [1.54, 1.807) is 0 Å². The van der Waals surface area contributed by atoms with Crippen LogP contribution in [0.25, 0.3) is 0 Å². The van der Waals surface area contributed by atoms with Crippen LogP contribution in [0.5, 0.6) is 0 Å². The molecule has 1 amide bonds. The Morgan fingerprint density at radius 2 is 2.14 bits per heavy atom. The van der Waals surface area contributed by atoms with Crippen LogP contribution in [0.15, 0.2) is 24.4 Å². The molecule has 0 radical (unpaired) electrons. The van der Waals surface area contributed by atoms with E-state index in [9.17, 15) is 18.0 Å². The SMILES string of the molecule is Nc1cc(C(=O)Nc2ccn(CC(F)(F)F)n2)cc(Cl)n1. The minimum absolute atomic E-state index is 0.0178. The maximum atomic E-state index is 12.2. The fourth-order valence-corrected chi connectivity index (χ4v) is 1.75. The van der Waals surface area contributed by atoms with E-state index < -0.39 is 18.6 Å². The van der Waals surface area contributed by atoms with Crippen molar-refractivity contribution in [2.75, 3.05) is 11.1 Å². The number of rotatable bonds is 3. The third-order valence-corrected chi connectivity index (χ3v) is 2.49. The number of nitrogens with zero attached hydrogens (tertiary/aromatic N) is 3. The zero-order valence-corrected chi connectivity index (χ0v) is 11.1. The minimum atomic E-state index is -4.39. The average Bonchev–Trinajstić information content (AvgIpc) is 2.72. The summed E-state index contributed by atoms with van der Waals surface area (Å²) in [6, 6.07) is 3.81. The van der Waals surface area contributed by atoms with Crippen LogP contribution in [0.2, 0.25) is 5.15 Å². The Bertz CT molecular complexity index is 650. The second-order valence-corrected chi connectivity index (χ2v) is 4.46. The van der Waals surface area contributed by atoms with Crippen molar-refractivity contribution in [2.24, 2.45) is 0 Å². The maximum absolute atomic E-state index is 12.2. The van der Waals surface area contributed by atoms with Crippen molar-refractivity contribution < 1.29 is 18.0 Å². The number of anilines is 2. The van der Waals surface area contributed by atoms with Crippen molar-refractivity contribution in [1.82, 2.24) is 14.8 Å². The lowest BCUT2D eigenvalue weighted by atomic mass is 10.2. The van der Waals surface area contributed by atoms with Gasteiger partial charge in [-0.1, -0.05) is 11.6 Å². The van der Waals surface area contributed by atoms with Crippen LogP contribution in [0, 0.1) is 0 Å². The molecule has 6 nitrogen and oxygen atoms in total. The molecule has 0 unspecified atom stereocenters. The van der Waals surface area contributed by atoms with Crippen molar-refractivity contribution >= 4 is 29.1 Å². The van der Waals surface area contributed by atoms with Gasteiger partial charge in [0.1, 0.15) is 17.5 Å². The van der Waals surface area contributed by atoms with Gasteiger partial charge in [-0.25, -0.2) is 4.98 Å². The molecule has 0 saturated carbocycles. The molecule has 0 spiro atoms. The number of pyridine rings is 1. The lowest BCUT2D eigenvalue weighted by Gasteiger charge is -2.06. The van der Waals surface area contributed by atoms with E-state index in [4.69, 9.17) is 17.3 Å². The molecular formula is C11H9ClF3N5O. The van der Waals surface area contributed by atoms with Gasteiger partial charge >= 0.3 is 6.18 Å². The van der Waals surface area contributed by atoms with Gasteiger partial charge in [0.25, 0.3) is 5.91 Å². The summed E-state index contributed by atoms with van der Waals surface area (Å²) in [4.78, 5) is 15.6. The summed E-state index contributed by atoms with van der Waals surface area (Å²) in [5, 5.41) is 5.96. The zero-order valence-electron chi connectivity index (χ0n) is 10.4. The Hall–Kier alpha value is -2.29. The van der Waals surface area contributed by atoms with Crippen molar-refractivity contribution in [1.29, 1.82) is 0 Å². The molecule has 0 aliphatic carbocycles. The Kier molecular flexibility index (Phi) is 4.03. The molecule has 0 aromatic carbocycles. The van der Waals surface area contributed by atoms with Gasteiger partial charge in [0, 0.05) is 17.8 Å². The first-order valence-electron chi connectivity index (χ1n) is 5.57. The molecule has 0 fully saturated rings. The number of nitrogens with one attached hydrogen (secondary N) is 1. The predicted octanol–water partition coefficient (Wildman–Crippen LogP) is 2.33. The monoisotopic (exact) mass is 319 g/mol. The quantitative estimate of drug-likeness (QED) is 0.850. The van der Waals surface area contributed by atoms with Gasteiger partial charge < -0.3 is 11.1 Å². The zero-order chi connectivity index (χ0) is 15.6. The van der Waals surface area contributed by atoms with Crippen molar-refractivity contribution in [3.63, 3.8) is 0 Å². The molecule has 2 heterocycles. The number of nitrogen functional groups attached to an aromatic ring is 1. The van der Waals surface area contributed by atoms with E-state index in [-0.39, 0.29) is 22.4 Å². The molecule has 0 aliphatic rings. The van der Waals surface area contributed by atoms with Gasteiger partial charge in [0.05, 0.1) is 0 Å². The van der Waals surface area contributed by atoms with E-state index in [1.807, 2.05) is 0 Å². The third kappa shape index (κ3) is 4.35. The standard InChI is InChI=1S/C11H9ClF3N5O/c12-7-3-6(4-8(16)17-7)10(21)18-9-1-2-20(19-9)5-11(13,14)15/h1-4H,5H2,(H2,16,17)(H,18,19,21). The molecule has 0 bridgehead atoms. The van der Waals surface area contributed by atoms with E-state index in [2.05, 4.69) is 15.4 Å². The van der Waals surface area contributed by atoms with Gasteiger partial charge in [-0.3, -0.25) is 9.48 Å². The Morgan fingerprint density at radius 3 is 2.76 bits per heavy atom. The number of hydrogen-bond acceptors (Lipinski definition) is 4. The fourth-order valence-electron chi connectivity index (χ4n) is 1.54.